The molecule has 0 radical (unpaired) electrons. The van der Waals surface area contributed by atoms with Crippen LogP contribution >= 0.6 is 0 Å². The van der Waals surface area contributed by atoms with Gasteiger partial charge < -0.3 is 30.5 Å². The Kier molecular flexibility index (Phi) is 14.4. The van der Waals surface area contributed by atoms with Crippen LogP contribution in [0.1, 0.15) is 43.4 Å². The zero-order chi connectivity index (χ0) is 30.0. The summed E-state index contributed by atoms with van der Waals surface area (Å²) in [4.78, 5) is 50.8. The van der Waals surface area contributed by atoms with Gasteiger partial charge in [0.25, 0.3) is 0 Å². The third kappa shape index (κ3) is 12.1. The van der Waals surface area contributed by atoms with Gasteiger partial charge in [-0.25, -0.2) is 9.59 Å². The number of aliphatic hydroxyl groups excluding tert-OH is 1. The molecule has 0 aromatic heterocycles. The first-order valence-corrected chi connectivity index (χ1v) is 13.4. The lowest BCUT2D eigenvalue weighted by Crippen LogP contribution is -2.43. The van der Waals surface area contributed by atoms with E-state index < -0.39 is 42.1 Å². The number of hydrogen-bond acceptors (Lipinski definition) is 7. The third-order valence-electron chi connectivity index (χ3n) is 6.02. The molecule has 2 aromatic rings. The van der Waals surface area contributed by atoms with E-state index in [1.807, 2.05) is 30.3 Å². The average molecular weight is 566 g/mol. The maximum absolute atomic E-state index is 13.1. The number of alkyl carbamates (subject to hydrolysis) is 1. The molecule has 0 aliphatic rings. The number of esters is 1. The van der Waals surface area contributed by atoms with E-state index in [-0.39, 0.29) is 44.9 Å². The molecule has 0 fully saturated rings. The second-order valence-corrected chi connectivity index (χ2v) is 9.44. The lowest BCUT2D eigenvalue weighted by atomic mass is 9.99. The molecule has 0 saturated heterocycles. The zero-order valence-corrected chi connectivity index (χ0v) is 23.3. The van der Waals surface area contributed by atoms with Gasteiger partial charge in [0.05, 0.1) is 19.1 Å². The summed E-state index contributed by atoms with van der Waals surface area (Å²) in [7, 11) is 0. The minimum atomic E-state index is -1.07. The predicted molar refractivity (Wildman–Crippen MR) is 154 cm³/mol. The van der Waals surface area contributed by atoms with E-state index in [0.717, 1.165) is 5.56 Å². The van der Waals surface area contributed by atoms with Crippen LogP contribution in [0.4, 0.5) is 4.79 Å². The molecule has 2 rings (SSSR count). The predicted octanol–water partition coefficient (Wildman–Crippen LogP) is 3.34. The van der Waals surface area contributed by atoms with Crippen LogP contribution in [0.5, 0.6) is 0 Å². The topological polar surface area (TPSA) is 143 Å². The van der Waals surface area contributed by atoms with E-state index in [4.69, 9.17) is 14.6 Å². The van der Waals surface area contributed by atoms with E-state index >= 15 is 0 Å². The Morgan fingerprint density at radius 2 is 1.56 bits per heavy atom. The molecule has 0 unspecified atom stereocenters. The fourth-order valence-corrected chi connectivity index (χ4v) is 3.83. The van der Waals surface area contributed by atoms with E-state index in [0.29, 0.717) is 5.56 Å². The Morgan fingerprint density at radius 1 is 0.927 bits per heavy atom. The standard InChI is InChI=1S/C31H39N3O7/c1-4-12-25(18-28(36)33-22(3)20-35)29(37)32-19-27(24-16-10-7-11-17-24)41-30(38)26(13-5-2)34-31(39)40-21-23-14-8-6-9-15-23/h4-11,14-17,22,25-27,35H,1-2,12-13,18-21H2,3H3,(H,32,37)(H,33,36)(H,34,39)/t22-,25-,26-,27-/m1/s1. The van der Waals surface area contributed by atoms with Crippen LogP contribution in [-0.2, 0) is 30.5 Å². The molecule has 0 heterocycles. The Bertz CT molecular complexity index is 1140. The number of carbonyl (C=O) groups excluding carboxylic acids is 4. The van der Waals surface area contributed by atoms with Crippen LogP contribution in [0.25, 0.3) is 0 Å². The van der Waals surface area contributed by atoms with E-state index in [2.05, 4.69) is 29.1 Å². The zero-order valence-electron chi connectivity index (χ0n) is 23.3. The van der Waals surface area contributed by atoms with Crippen molar-refractivity contribution in [2.75, 3.05) is 13.2 Å². The van der Waals surface area contributed by atoms with Crippen molar-refractivity contribution in [3.8, 4) is 0 Å². The molecule has 3 amide bonds. The molecule has 41 heavy (non-hydrogen) atoms. The quantitative estimate of drug-likeness (QED) is 0.170. The summed E-state index contributed by atoms with van der Waals surface area (Å²) in [5.74, 6) is -2.24. The first-order chi connectivity index (χ1) is 19.8. The minimum absolute atomic E-state index is 0.0318. The number of rotatable bonds is 17. The molecule has 10 heteroatoms. The fourth-order valence-electron chi connectivity index (χ4n) is 3.83. The largest absolute Gasteiger partial charge is 0.454 e. The van der Waals surface area contributed by atoms with Gasteiger partial charge in [0.1, 0.15) is 18.8 Å². The highest BCUT2D eigenvalue weighted by Crippen LogP contribution is 2.19. The molecule has 0 bridgehead atoms. The molecular weight excluding hydrogens is 526 g/mol. The number of benzene rings is 2. The van der Waals surface area contributed by atoms with Crippen molar-refractivity contribution in [3.05, 3.63) is 97.1 Å². The van der Waals surface area contributed by atoms with E-state index in [1.165, 1.54) is 6.08 Å². The molecule has 0 spiro atoms. The molecule has 220 valence electrons. The Balaban J connectivity index is 2.06. The van der Waals surface area contributed by atoms with Crippen LogP contribution < -0.4 is 16.0 Å². The van der Waals surface area contributed by atoms with Crippen LogP contribution in [0.2, 0.25) is 0 Å². The summed E-state index contributed by atoms with van der Waals surface area (Å²) in [6, 6.07) is 16.4. The highest BCUT2D eigenvalue weighted by Gasteiger charge is 2.28. The summed E-state index contributed by atoms with van der Waals surface area (Å²) in [6.45, 7) is 8.71. The molecule has 4 atom stereocenters. The number of allylic oxidation sites excluding steroid dienone is 1. The number of carbonyl (C=O) groups is 4. The SMILES string of the molecule is C=CC[C@H](CC(=O)N[C@H](C)CO)C(=O)NC[C@@H](OC(=O)[C@@H](CC=C)NC(=O)OCc1ccccc1)c1ccccc1. The number of ether oxygens (including phenoxy) is 2. The Labute approximate surface area is 240 Å². The molecule has 4 N–H and O–H groups in total. The van der Waals surface area contributed by atoms with E-state index in [9.17, 15) is 19.2 Å². The van der Waals surface area contributed by atoms with Gasteiger partial charge >= 0.3 is 12.1 Å². The number of amides is 3. The Hall–Kier alpha value is -4.44. The van der Waals surface area contributed by atoms with Crippen molar-refractivity contribution < 1.29 is 33.8 Å². The van der Waals surface area contributed by atoms with Gasteiger partial charge in [-0.15, -0.1) is 13.2 Å². The molecule has 2 aromatic carbocycles. The molecule has 0 aliphatic carbocycles. The maximum Gasteiger partial charge on any atom is 0.408 e. The highest BCUT2D eigenvalue weighted by atomic mass is 16.6. The lowest BCUT2D eigenvalue weighted by Gasteiger charge is -2.24. The number of aliphatic hydroxyl groups is 1. The van der Waals surface area contributed by atoms with Crippen LogP contribution in [0.3, 0.4) is 0 Å². The van der Waals surface area contributed by atoms with Crippen LogP contribution in [0.15, 0.2) is 86.0 Å². The van der Waals surface area contributed by atoms with Crippen LogP contribution in [-0.4, -0.2) is 54.2 Å². The molecule has 0 saturated carbocycles. The molecule has 0 aliphatic heterocycles. The van der Waals surface area contributed by atoms with Gasteiger partial charge in [0.2, 0.25) is 11.8 Å². The summed E-state index contributed by atoms with van der Waals surface area (Å²) in [5, 5.41) is 17.1. The Morgan fingerprint density at radius 3 is 2.17 bits per heavy atom. The monoisotopic (exact) mass is 565 g/mol. The van der Waals surface area contributed by atoms with Crippen molar-refractivity contribution in [1.29, 1.82) is 0 Å². The second kappa shape index (κ2) is 18.0. The second-order valence-electron chi connectivity index (χ2n) is 9.44. The van der Waals surface area contributed by atoms with Crippen LogP contribution in [0, 0.1) is 5.92 Å². The first-order valence-electron chi connectivity index (χ1n) is 13.4. The van der Waals surface area contributed by atoms with Gasteiger partial charge in [0, 0.05) is 12.5 Å². The van der Waals surface area contributed by atoms with Gasteiger partial charge in [-0.1, -0.05) is 72.8 Å². The van der Waals surface area contributed by atoms with Gasteiger partial charge in [0.15, 0.2) is 0 Å². The number of hydrogen-bond donors (Lipinski definition) is 4. The van der Waals surface area contributed by atoms with Gasteiger partial charge in [-0.2, -0.15) is 0 Å². The average Bonchev–Trinajstić information content (AvgIpc) is 2.98. The summed E-state index contributed by atoms with van der Waals surface area (Å²) in [5.41, 5.74) is 1.42. The van der Waals surface area contributed by atoms with E-state index in [1.54, 1.807) is 43.3 Å². The maximum atomic E-state index is 13.1. The smallest absolute Gasteiger partial charge is 0.408 e. The first kappa shape index (κ1) is 32.8. The third-order valence-corrected chi connectivity index (χ3v) is 6.02. The van der Waals surface area contributed by atoms with Crippen molar-refractivity contribution in [2.45, 2.75) is 51.0 Å². The summed E-state index contributed by atoms with van der Waals surface area (Å²) in [6.07, 6.45) is 1.59. The summed E-state index contributed by atoms with van der Waals surface area (Å²) < 4.78 is 11.0. The van der Waals surface area contributed by atoms with Crippen molar-refractivity contribution in [2.24, 2.45) is 5.92 Å². The number of nitrogens with one attached hydrogen (secondary N) is 3. The molecular formula is C31H39N3O7. The van der Waals surface area contributed by atoms with Gasteiger partial charge in [-0.3, -0.25) is 9.59 Å². The molecule has 10 nitrogen and oxygen atoms in total. The summed E-state index contributed by atoms with van der Waals surface area (Å²) >= 11 is 0. The highest BCUT2D eigenvalue weighted by molar-refractivity contribution is 5.86. The normalized spacial score (nSPS) is 13.4. The minimum Gasteiger partial charge on any atom is -0.454 e. The lowest BCUT2D eigenvalue weighted by molar-refractivity contribution is -0.152. The van der Waals surface area contributed by atoms with Crippen molar-refractivity contribution >= 4 is 23.9 Å². The fraction of sp³-hybridized carbons (Fsp3) is 0.355. The van der Waals surface area contributed by atoms with Crippen molar-refractivity contribution in [1.82, 2.24) is 16.0 Å². The van der Waals surface area contributed by atoms with Crippen molar-refractivity contribution in [3.63, 3.8) is 0 Å². The van der Waals surface area contributed by atoms with Gasteiger partial charge in [-0.05, 0) is 30.9 Å².